The predicted molar refractivity (Wildman–Crippen MR) is 83.3 cm³/mol. The van der Waals surface area contributed by atoms with Crippen LogP contribution in [0.3, 0.4) is 0 Å². The van der Waals surface area contributed by atoms with E-state index in [0.29, 0.717) is 19.1 Å². The van der Waals surface area contributed by atoms with Crippen molar-refractivity contribution < 1.29 is 14.3 Å². The number of ether oxygens (including phenoxy) is 1. The van der Waals surface area contributed by atoms with Crippen LogP contribution in [0.5, 0.6) is 0 Å². The van der Waals surface area contributed by atoms with Gasteiger partial charge in [0.05, 0.1) is 0 Å². The fourth-order valence-corrected chi connectivity index (χ4v) is 3.92. The number of piperidine rings is 2. The normalized spacial score (nSPS) is 25.3. The van der Waals surface area contributed by atoms with Crippen molar-refractivity contribution in [1.29, 1.82) is 0 Å². The van der Waals surface area contributed by atoms with Crippen molar-refractivity contribution in [2.24, 2.45) is 11.8 Å². The van der Waals surface area contributed by atoms with Crippen molar-refractivity contribution in [2.75, 3.05) is 39.4 Å². The van der Waals surface area contributed by atoms with Gasteiger partial charge in [0.25, 0.3) is 0 Å². The van der Waals surface area contributed by atoms with Gasteiger partial charge in [-0.3, -0.25) is 9.59 Å². The lowest BCUT2D eigenvalue weighted by Gasteiger charge is -2.37. The van der Waals surface area contributed by atoms with E-state index in [4.69, 9.17) is 4.74 Å². The second-order valence-corrected chi connectivity index (χ2v) is 6.87. The fourth-order valence-electron chi connectivity index (χ4n) is 3.92. The summed E-state index contributed by atoms with van der Waals surface area (Å²) in [7, 11) is 0. The molecule has 124 valence electrons. The maximum Gasteiger partial charge on any atom is 0.225 e. The number of likely N-dealkylation sites (tertiary alicyclic amines) is 2. The van der Waals surface area contributed by atoms with Gasteiger partial charge in [-0.1, -0.05) is 0 Å². The molecule has 5 nitrogen and oxygen atoms in total. The maximum absolute atomic E-state index is 12.5. The summed E-state index contributed by atoms with van der Waals surface area (Å²) >= 11 is 0. The van der Waals surface area contributed by atoms with E-state index in [1.54, 1.807) is 0 Å². The molecule has 3 fully saturated rings. The molecular formula is C17H28N2O3. The number of amides is 2. The molecule has 0 aromatic carbocycles. The van der Waals surface area contributed by atoms with Gasteiger partial charge in [0.2, 0.25) is 11.8 Å². The first kappa shape index (κ1) is 15.8. The van der Waals surface area contributed by atoms with Gasteiger partial charge in [0, 0.05) is 51.2 Å². The van der Waals surface area contributed by atoms with E-state index in [-0.39, 0.29) is 17.7 Å². The molecule has 2 amide bonds. The van der Waals surface area contributed by atoms with Crippen molar-refractivity contribution in [3.05, 3.63) is 0 Å². The molecule has 0 aromatic heterocycles. The van der Waals surface area contributed by atoms with Gasteiger partial charge in [-0.2, -0.15) is 0 Å². The summed E-state index contributed by atoms with van der Waals surface area (Å²) in [6.07, 6.45) is 6.92. The average Bonchev–Trinajstić information content (AvgIpc) is 2.62. The second kappa shape index (κ2) is 7.44. The summed E-state index contributed by atoms with van der Waals surface area (Å²) in [4.78, 5) is 29.1. The fraction of sp³-hybridized carbons (Fsp3) is 0.882. The van der Waals surface area contributed by atoms with Crippen molar-refractivity contribution in [1.82, 2.24) is 9.80 Å². The Morgan fingerprint density at radius 1 is 0.682 bits per heavy atom. The molecule has 0 atom stereocenters. The second-order valence-electron chi connectivity index (χ2n) is 6.87. The molecule has 0 bridgehead atoms. The van der Waals surface area contributed by atoms with E-state index in [2.05, 4.69) is 0 Å². The molecule has 3 aliphatic rings. The summed E-state index contributed by atoms with van der Waals surface area (Å²) in [6, 6.07) is 0. The molecule has 3 heterocycles. The van der Waals surface area contributed by atoms with Gasteiger partial charge in [0.15, 0.2) is 0 Å². The molecule has 0 N–H and O–H groups in total. The number of carbonyl (C=O) groups excluding carboxylic acids is 2. The van der Waals surface area contributed by atoms with E-state index in [1.165, 1.54) is 6.42 Å². The van der Waals surface area contributed by atoms with Crippen LogP contribution >= 0.6 is 0 Å². The van der Waals surface area contributed by atoms with Crippen LogP contribution in [0, 0.1) is 11.8 Å². The summed E-state index contributed by atoms with van der Waals surface area (Å²) in [5.74, 6) is 0.893. The highest BCUT2D eigenvalue weighted by molar-refractivity contribution is 5.81. The van der Waals surface area contributed by atoms with Crippen molar-refractivity contribution in [2.45, 2.75) is 44.9 Å². The van der Waals surface area contributed by atoms with Gasteiger partial charge in [0.1, 0.15) is 0 Å². The Kier molecular flexibility index (Phi) is 5.34. The minimum atomic E-state index is 0.136. The third-order valence-corrected chi connectivity index (χ3v) is 5.39. The summed E-state index contributed by atoms with van der Waals surface area (Å²) in [5, 5.41) is 0. The van der Waals surface area contributed by atoms with Gasteiger partial charge in [-0.05, 0) is 44.9 Å². The third kappa shape index (κ3) is 3.62. The Bertz CT molecular complexity index is 355. The minimum absolute atomic E-state index is 0.136. The first-order valence-electron chi connectivity index (χ1n) is 8.91. The van der Waals surface area contributed by atoms with Crippen LogP contribution in [-0.4, -0.2) is 61.0 Å². The maximum atomic E-state index is 12.5. The zero-order chi connectivity index (χ0) is 15.4. The zero-order valence-corrected chi connectivity index (χ0v) is 13.5. The predicted octanol–water partition coefficient (Wildman–Crippen LogP) is 1.66. The average molecular weight is 308 g/mol. The van der Waals surface area contributed by atoms with Crippen LogP contribution in [0.15, 0.2) is 0 Å². The van der Waals surface area contributed by atoms with Crippen LogP contribution in [0.2, 0.25) is 0 Å². The quantitative estimate of drug-likeness (QED) is 0.779. The summed E-state index contributed by atoms with van der Waals surface area (Å²) in [5.41, 5.74) is 0. The lowest BCUT2D eigenvalue weighted by atomic mass is 9.92. The third-order valence-electron chi connectivity index (χ3n) is 5.39. The van der Waals surface area contributed by atoms with E-state index >= 15 is 0 Å². The number of hydrogen-bond donors (Lipinski definition) is 0. The Morgan fingerprint density at radius 2 is 1.18 bits per heavy atom. The topological polar surface area (TPSA) is 49.9 Å². The van der Waals surface area contributed by atoms with Gasteiger partial charge < -0.3 is 14.5 Å². The number of carbonyl (C=O) groups is 2. The Balaban J connectivity index is 1.47. The van der Waals surface area contributed by atoms with Crippen LogP contribution in [0.25, 0.3) is 0 Å². The molecule has 3 aliphatic heterocycles. The van der Waals surface area contributed by atoms with E-state index in [9.17, 15) is 9.59 Å². The molecule has 0 spiro atoms. The summed E-state index contributed by atoms with van der Waals surface area (Å²) in [6.45, 7) is 4.78. The lowest BCUT2D eigenvalue weighted by Crippen LogP contribution is -2.47. The van der Waals surface area contributed by atoms with E-state index < -0.39 is 0 Å². The van der Waals surface area contributed by atoms with Gasteiger partial charge >= 0.3 is 0 Å². The Morgan fingerprint density at radius 3 is 1.77 bits per heavy atom. The lowest BCUT2D eigenvalue weighted by molar-refractivity contribution is -0.144. The highest BCUT2D eigenvalue weighted by atomic mass is 16.5. The van der Waals surface area contributed by atoms with Crippen molar-refractivity contribution >= 4 is 11.8 Å². The molecule has 22 heavy (non-hydrogen) atoms. The highest BCUT2D eigenvalue weighted by Crippen LogP contribution is 2.25. The molecule has 0 unspecified atom stereocenters. The SMILES string of the molecule is O=C(C1CCN(C(=O)C2CCOCC2)CC1)N1CCCCC1. The smallest absolute Gasteiger partial charge is 0.225 e. The zero-order valence-electron chi connectivity index (χ0n) is 13.5. The molecule has 3 saturated heterocycles. The van der Waals surface area contributed by atoms with E-state index in [0.717, 1.165) is 64.7 Å². The monoisotopic (exact) mass is 308 g/mol. The first-order chi connectivity index (χ1) is 10.8. The number of rotatable bonds is 2. The Labute approximate surface area is 133 Å². The van der Waals surface area contributed by atoms with Gasteiger partial charge in [-0.25, -0.2) is 0 Å². The molecule has 0 aromatic rings. The molecule has 0 radical (unpaired) electrons. The molecule has 0 aliphatic carbocycles. The van der Waals surface area contributed by atoms with E-state index in [1.807, 2.05) is 9.80 Å². The largest absolute Gasteiger partial charge is 0.381 e. The van der Waals surface area contributed by atoms with Crippen molar-refractivity contribution in [3.63, 3.8) is 0 Å². The van der Waals surface area contributed by atoms with Crippen LogP contribution < -0.4 is 0 Å². The molecule has 3 rings (SSSR count). The van der Waals surface area contributed by atoms with Gasteiger partial charge in [-0.15, -0.1) is 0 Å². The van der Waals surface area contributed by atoms with Crippen LogP contribution in [-0.2, 0) is 14.3 Å². The highest BCUT2D eigenvalue weighted by Gasteiger charge is 2.33. The Hall–Kier alpha value is -1.10. The standard InChI is InChI=1S/C17H28N2O3/c20-16(18-8-2-1-3-9-18)14-4-10-19(11-5-14)17(21)15-6-12-22-13-7-15/h14-15H,1-13H2. The van der Waals surface area contributed by atoms with Crippen molar-refractivity contribution in [3.8, 4) is 0 Å². The van der Waals surface area contributed by atoms with Crippen LogP contribution in [0.1, 0.15) is 44.9 Å². The number of nitrogens with zero attached hydrogens (tertiary/aromatic N) is 2. The minimum Gasteiger partial charge on any atom is -0.381 e. The molecular weight excluding hydrogens is 280 g/mol. The molecule has 0 saturated carbocycles. The first-order valence-corrected chi connectivity index (χ1v) is 8.91. The summed E-state index contributed by atoms with van der Waals surface area (Å²) < 4.78 is 5.33. The van der Waals surface area contributed by atoms with Crippen LogP contribution in [0.4, 0.5) is 0 Å². The molecule has 5 heteroatoms. The number of hydrogen-bond acceptors (Lipinski definition) is 3.